The van der Waals surface area contributed by atoms with Gasteiger partial charge in [-0.2, -0.15) is 0 Å². The van der Waals surface area contributed by atoms with Gasteiger partial charge >= 0.3 is 0 Å². The van der Waals surface area contributed by atoms with E-state index >= 15 is 0 Å². The van der Waals surface area contributed by atoms with Crippen molar-refractivity contribution >= 4 is 21.9 Å². The molecule has 0 saturated carbocycles. The first kappa shape index (κ1) is 9.21. The van der Waals surface area contributed by atoms with E-state index in [9.17, 15) is 4.39 Å². The van der Waals surface area contributed by atoms with Gasteiger partial charge in [0.1, 0.15) is 5.82 Å². The number of anilines is 1. The molecule has 0 unspecified atom stereocenters. The Morgan fingerprint density at radius 3 is 2.79 bits per heavy atom. The molecule has 0 fully saturated rings. The maximum Gasteiger partial charge on any atom is 0.204 e. The second-order valence-corrected chi connectivity index (χ2v) is 3.67. The molecule has 72 valence electrons. The number of nitrogens with zero attached hydrogens (tertiary/aromatic N) is 2. The van der Waals surface area contributed by atoms with Crippen LogP contribution < -0.4 is 5.73 Å². The molecule has 2 N–H and O–H groups in total. The molecule has 2 aromatic rings. The van der Waals surface area contributed by atoms with Gasteiger partial charge in [-0.1, -0.05) is 15.9 Å². The van der Waals surface area contributed by atoms with Crippen LogP contribution in [0.15, 0.2) is 35.1 Å². The van der Waals surface area contributed by atoms with E-state index in [-0.39, 0.29) is 11.8 Å². The Labute approximate surface area is 88.5 Å². The third kappa shape index (κ3) is 1.50. The highest BCUT2D eigenvalue weighted by molar-refractivity contribution is 9.10. The lowest BCUT2D eigenvalue weighted by molar-refractivity contribution is 0.618. The molecule has 0 aliphatic carbocycles. The maximum atomic E-state index is 13.5. The van der Waals surface area contributed by atoms with E-state index in [1.807, 2.05) is 0 Å². The first-order valence-corrected chi connectivity index (χ1v) is 4.72. The molecule has 0 spiro atoms. The van der Waals surface area contributed by atoms with Crippen LogP contribution >= 0.6 is 15.9 Å². The van der Waals surface area contributed by atoms with Crippen molar-refractivity contribution in [2.45, 2.75) is 0 Å². The standard InChI is InChI=1S/C9H7BrFN3/c10-6-1-2-8(7(11)5-6)14-4-3-13-9(14)12/h1-5H,(H2,12,13). The summed E-state index contributed by atoms with van der Waals surface area (Å²) in [6, 6.07) is 4.77. The minimum absolute atomic E-state index is 0.270. The zero-order chi connectivity index (χ0) is 10.1. The van der Waals surface area contributed by atoms with Gasteiger partial charge in [0.2, 0.25) is 5.95 Å². The van der Waals surface area contributed by atoms with Crippen molar-refractivity contribution in [3.05, 3.63) is 40.9 Å². The molecule has 0 amide bonds. The van der Waals surface area contributed by atoms with E-state index in [2.05, 4.69) is 20.9 Å². The van der Waals surface area contributed by atoms with Crippen LogP contribution in [0.5, 0.6) is 0 Å². The minimum Gasteiger partial charge on any atom is -0.369 e. The third-order valence-electron chi connectivity index (χ3n) is 1.84. The number of halogens is 2. The van der Waals surface area contributed by atoms with Gasteiger partial charge in [-0.25, -0.2) is 9.37 Å². The normalized spacial score (nSPS) is 10.4. The van der Waals surface area contributed by atoms with Crippen molar-refractivity contribution in [2.75, 3.05) is 5.73 Å². The summed E-state index contributed by atoms with van der Waals surface area (Å²) in [6.07, 6.45) is 3.14. The van der Waals surface area contributed by atoms with E-state index in [4.69, 9.17) is 5.73 Å². The number of nitrogens with two attached hydrogens (primary N) is 1. The highest BCUT2D eigenvalue weighted by Gasteiger charge is 2.06. The zero-order valence-corrected chi connectivity index (χ0v) is 8.70. The molecule has 0 atom stereocenters. The van der Waals surface area contributed by atoms with Gasteiger partial charge < -0.3 is 5.73 Å². The van der Waals surface area contributed by atoms with Crippen LogP contribution in [0, 0.1) is 5.82 Å². The average Bonchev–Trinajstić information content (AvgIpc) is 2.52. The lowest BCUT2D eigenvalue weighted by Crippen LogP contribution is -2.01. The van der Waals surface area contributed by atoms with Crippen LogP contribution in [0.3, 0.4) is 0 Å². The smallest absolute Gasteiger partial charge is 0.204 e. The number of hydrogen-bond acceptors (Lipinski definition) is 2. The molecule has 1 heterocycles. The number of imidazole rings is 1. The minimum atomic E-state index is -0.343. The molecule has 0 saturated heterocycles. The van der Waals surface area contributed by atoms with Gasteiger partial charge in [-0.3, -0.25) is 4.57 Å². The summed E-state index contributed by atoms with van der Waals surface area (Å²) in [5.41, 5.74) is 5.94. The molecule has 0 radical (unpaired) electrons. The molecule has 14 heavy (non-hydrogen) atoms. The predicted octanol–water partition coefficient (Wildman–Crippen LogP) is 2.36. The fourth-order valence-corrected chi connectivity index (χ4v) is 1.53. The largest absolute Gasteiger partial charge is 0.369 e. The van der Waals surface area contributed by atoms with Crippen molar-refractivity contribution in [3.8, 4) is 5.69 Å². The van der Waals surface area contributed by atoms with Gasteiger partial charge in [0.05, 0.1) is 5.69 Å². The van der Waals surface area contributed by atoms with Gasteiger partial charge in [0.15, 0.2) is 0 Å². The highest BCUT2D eigenvalue weighted by Crippen LogP contribution is 2.20. The van der Waals surface area contributed by atoms with Crippen LogP contribution in [0.25, 0.3) is 5.69 Å². The van der Waals surface area contributed by atoms with Crippen molar-refractivity contribution in [1.82, 2.24) is 9.55 Å². The molecular weight excluding hydrogens is 249 g/mol. The van der Waals surface area contributed by atoms with E-state index in [1.165, 1.54) is 16.8 Å². The average molecular weight is 256 g/mol. The van der Waals surface area contributed by atoms with Crippen molar-refractivity contribution in [3.63, 3.8) is 0 Å². The van der Waals surface area contributed by atoms with Crippen molar-refractivity contribution in [1.29, 1.82) is 0 Å². The molecule has 0 aliphatic rings. The molecule has 0 aliphatic heterocycles. The van der Waals surface area contributed by atoms with Crippen LogP contribution in [-0.2, 0) is 0 Å². The zero-order valence-electron chi connectivity index (χ0n) is 7.11. The molecular formula is C9H7BrFN3. The summed E-state index contributed by atoms with van der Waals surface area (Å²) in [5, 5.41) is 0. The van der Waals surface area contributed by atoms with Crippen molar-refractivity contribution < 1.29 is 4.39 Å². The molecule has 2 rings (SSSR count). The number of aromatic nitrogens is 2. The Morgan fingerprint density at radius 2 is 2.21 bits per heavy atom. The monoisotopic (exact) mass is 255 g/mol. The predicted molar refractivity (Wildman–Crippen MR) is 55.6 cm³/mol. The highest BCUT2D eigenvalue weighted by atomic mass is 79.9. The van der Waals surface area contributed by atoms with Crippen LogP contribution in [0.4, 0.5) is 10.3 Å². The summed E-state index contributed by atoms with van der Waals surface area (Å²) < 4.78 is 15.6. The summed E-state index contributed by atoms with van der Waals surface area (Å²) in [6.45, 7) is 0. The Balaban J connectivity index is 2.58. The second-order valence-electron chi connectivity index (χ2n) is 2.75. The maximum absolute atomic E-state index is 13.5. The Morgan fingerprint density at radius 1 is 1.43 bits per heavy atom. The summed E-state index contributed by atoms with van der Waals surface area (Å²) in [4.78, 5) is 3.82. The quantitative estimate of drug-likeness (QED) is 0.851. The second kappa shape index (κ2) is 3.42. The molecule has 5 heteroatoms. The van der Waals surface area contributed by atoms with Gasteiger partial charge in [-0.05, 0) is 18.2 Å². The summed E-state index contributed by atoms with van der Waals surface area (Å²) in [5.74, 6) is -0.0738. The van der Waals surface area contributed by atoms with Gasteiger partial charge in [0.25, 0.3) is 0 Å². The van der Waals surface area contributed by atoms with Gasteiger partial charge in [0, 0.05) is 16.9 Å². The van der Waals surface area contributed by atoms with E-state index < -0.39 is 0 Å². The summed E-state index contributed by atoms with van der Waals surface area (Å²) >= 11 is 3.18. The van der Waals surface area contributed by atoms with Crippen LogP contribution in [0.2, 0.25) is 0 Å². The lowest BCUT2D eigenvalue weighted by atomic mass is 10.3. The van der Waals surface area contributed by atoms with E-state index in [1.54, 1.807) is 18.3 Å². The molecule has 0 bridgehead atoms. The van der Waals surface area contributed by atoms with Gasteiger partial charge in [-0.15, -0.1) is 0 Å². The lowest BCUT2D eigenvalue weighted by Gasteiger charge is -2.05. The topological polar surface area (TPSA) is 43.8 Å². The number of benzene rings is 1. The Bertz CT molecular complexity index is 467. The number of rotatable bonds is 1. The van der Waals surface area contributed by atoms with Crippen LogP contribution in [-0.4, -0.2) is 9.55 Å². The Kier molecular flexibility index (Phi) is 2.25. The van der Waals surface area contributed by atoms with Crippen LogP contribution in [0.1, 0.15) is 0 Å². The first-order valence-electron chi connectivity index (χ1n) is 3.93. The fraction of sp³-hybridized carbons (Fsp3) is 0. The first-order chi connectivity index (χ1) is 6.68. The fourth-order valence-electron chi connectivity index (χ4n) is 1.20. The van der Waals surface area contributed by atoms with E-state index in [0.29, 0.717) is 10.2 Å². The SMILES string of the molecule is Nc1nccn1-c1ccc(Br)cc1F. The number of hydrogen-bond donors (Lipinski definition) is 1. The van der Waals surface area contributed by atoms with Crippen molar-refractivity contribution in [2.24, 2.45) is 0 Å². The summed E-state index contributed by atoms with van der Waals surface area (Å²) in [7, 11) is 0. The van der Waals surface area contributed by atoms with E-state index in [0.717, 1.165) is 0 Å². The molecule has 3 nitrogen and oxygen atoms in total. The Hall–Kier alpha value is -1.36. The number of nitrogen functional groups attached to an aromatic ring is 1. The molecule has 1 aromatic heterocycles. The third-order valence-corrected chi connectivity index (χ3v) is 2.33. The molecule has 1 aromatic carbocycles.